The van der Waals surface area contributed by atoms with E-state index in [1.165, 1.54) is 6.33 Å². The van der Waals surface area contributed by atoms with Crippen LogP contribution in [0.15, 0.2) is 15.6 Å². The van der Waals surface area contributed by atoms with Gasteiger partial charge in [-0.2, -0.15) is 0 Å². The maximum atomic E-state index is 11.5. The molecular formula is C11H15BrClN3O2. The highest BCUT2D eigenvalue weighted by Crippen LogP contribution is 2.23. The fourth-order valence-corrected chi connectivity index (χ4v) is 2.60. The van der Waals surface area contributed by atoms with Crippen molar-refractivity contribution in [3.63, 3.8) is 0 Å². The largest absolute Gasteiger partial charge is 0.377 e. The van der Waals surface area contributed by atoms with Gasteiger partial charge in [0, 0.05) is 19.0 Å². The van der Waals surface area contributed by atoms with Gasteiger partial charge in [-0.25, -0.2) is 4.98 Å². The predicted octanol–water partition coefficient (Wildman–Crippen LogP) is 1.76. The predicted molar refractivity (Wildman–Crippen MR) is 74.5 cm³/mol. The van der Waals surface area contributed by atoms with E-state index in [0.717, 1.165) is 25.9 Å². The Balaban J connectivity index is 1.97. The molecule has 0 radical (unpaired) electrons. The fraction of sp³-hybridized carbons (Fsp3) is 0.636. The third-order valence-corrected chi connectivity index (χ3v) is 3.82. The summed E-state index contributed by atoms with van der Waals surface area (Å²) in [5.41, 5.74) is -0.152. The van der Waals surface area contributed by atoms with E-state index in [1.54, 1.807) is 0 Å². The van der Waals surface area contributed by atoms with Gasteiger partial charge in [-0.1, -0.05) is 0 Å². The molecular weight excluding hydrogens is 321 g/mol. The number of aromatic nitrogens is 2. The van der Waals surface area contributed by atoms with Crippen LogP contribution in [-0.2, 0) is 4.74 Å². The Morgan fingerprint density at radius 1 is 1.56 bits per heavy atom. The minimum absolute atomic E-state index is 0.152. The van der Waals surface area contributed by atoms with Crippen LogP contribution < -0.4 is 10.5 Å². The quantitative estimate of drug-likeness (QED) is 0.851. The second-order valence-corrected chi connectivity index (χ2v) is 5.29. The molecule has 0 bridgehead atoms. The zero-order valence-electron chi connectivity index (χ0n) is 9.86. The molecule has 18 heavy (non-hydrogen) atoms. The Bertz CT molecular complexity index is 446. The van der Waals surface area contributed by atoms with E-state index < -0.39 is 0 Å². The number of rotatable bonds is 4. The van der Waals surface area contributed by atoms with Gasteiger partial charge < -0.3 is 14.6 Å². The van der Waals surface area contributed by atoms with Gasteiger partial charge in [-0.3, -0.25) is 4.79 Å². The Morgan fingerprint density at radius 2 is 2.28 bits per heavy atom. The van der Waals surface area contributed by atoms with Crippen molar-refractivity contribution >= 4 is 33.3 Å². The van der Waals surface area contributed by atoms with Crippen molar-refractivity contribution in [3.05, 3.63) is 21.2 Å². The topological polar surface area (TPSA) is 58.2 Å². The smallest absolute Gasteiger partial charge is 0.267 e. The van der Waals surface area contributed by atoms with Crippen molar-refractivity contribution in [1.29, 1.82) is 0 Å². The standard InChI is InChI=1S/C11H15BrClN3O2/c12-9-10(14-7-15-11(9)17)16-4-1-8(2-5-16)18-6-3-13/h7-8H,1-6H2,(H,14,15,17). The summed E-state index contributed by atoms with van der Waals surface area (Å²) in [6.45, 7) is 2.27. The van der Waals surface area contributed by atoms with Gasteiger partial charge in [0.1, 0.15) is 10.3 Å². The molecule has 5 nitrogen and oxygen atoms in total. The van der Waals surface area contributed by atoms with E-state index in [-0.39, 0.29) is 11.7 Å². The lowest BCUT2D eigenvalue weighted by molar-refractivity contribution is 0.0470. The number of hydrogen-bond acceptors (Lipinski definition) is 4. The third-order valence-electron chi connectivity index (χ3n) is 2.95. The van der Waals surface area contributed by atoms with Crippen molar-refractivity contribution in [2.24, 2.45) is 0 Å². The lowest BCUT2D eigenvalue weighted by atomic mass is 10.1. The van der Waals surface area contributed by atoms with Crippen molar-refractivity contribution in [3.8, 4) is 0 Å². The van der Waals surface area contributed by atoms with Crippen LogP contribution >= 0.6 is 27.5 Å². The maximum absolute atomic E-state index is 11.5. The van der Waals surface area contributed by atoms with Crippen molar-refractivity contribution in [2.45, 2.75) is 18.9 Å². The summed E-state index contributed by atoms with van der Waals surface area (Å²) in [5.74, 6) is 1.23. The first-order valence-corrected chi connectivity index (χ1v) is 7.21. The molecule has 1 aromatic rings. The molecule has 1 aliphatic heterocycles. The van der Waals surface area contributed by atoms with Crippen molar-refractivity contribution in [2.75, 3.05) is 30.5 Å². The molecule has 1 aliphatic rings. The van der Waals surface area contributed by atoms with Crippen LogP contribution in [0.5, 0.6) is 0 Å². The molecule has 1 aromatic heterocycles. The number of H-pyrrole nitrogens is 1. The van der Waals surface area contributed by atoms with Gasteiger partial charge in [0.05, 0.1) is 19.0 Å². The summed E-state index contributed by atoms with van der Waals surface area (Å²) >= 11 is 8.87. The first-order valence-electron chi connectivity index (χ1n) is 5.88. The number of piperidine rings is 1. The lowest BCUT2D eigenvalue weighted by Crippen LogP contribution is -2.38. The molecule has 0 atom stereocenters. The Hall–Kier alpha value is -0.590. The second-order valence-electron chi connectivity index (χ2n) is 4.12. The number of hydrogen-bond donors (Lipinski definition) is 1. The highest BCUT2D eigenvalue weighted by Gasteiger charge is 2.22. The van der Waals surface area contributed by atoms with E-state index in [1.807, 2.05) is 0 Å². The van der Waals surface area contributed by atoms with Crippen LogP contribution in [0.4, 0.5) is 5.82 Å². The van der Waals surface area contributed by atoms with Crippen molar-refractivity contribution < 1.29 is 4.74 Å². The molecule has 0 saturated carbocycles. The Morgan fingerprint density at radius 3 is 2.94 bits per heavy atom. The molecule has 0 aromatic carbocycles. The first kappa shape index (κ1) is 13.8. The molecule has 0 amide bonds. The molecule has 1 N–H and O–H groups in total. The van der Waals surface area contributed by atoms with E-state index in [4.69, 9.17) is 16.3 Å². The van der Waals surface area contributed by atoms with Crippen LogP contribution in [-0.4, -0.2) is 41.6 Å². The minimum Gasteiger partial charge on any atom is -0.377 e. The van der Waals surface area contributed by atoms with E-state index >= 15 is 0 Å². The number of alkyl halides is 1. The van der Waals surface area contributed by atoms with Crippen LogP contribution in [0, 0.1) is 0 Å². The summed E-state index contributed by atoms with van der Waals surface area (Å²) in [7, 11) is 0. The normalized spacial score (nSPS) is 17.1. The zero-order valence-corrected chi connectivity index (χ0v) is 12.2. The molecule has 7 heteroatoms. The van der Waals surface area contributed by atoms with Crippen LogP contribution in [0.1, 0.15) is 12.8 Å². The summed E-state index contributed by atoms with van der Waals surface area (Å²) in [6, 6.07) is 0. The average molecular weight is 337 g/mol. The summed E-state index contributed by atoms with van der Waals surface area (Å²) in [5, 5.41) is 0. The van der Waals surface area contributed by atoms with E-state index in [0.29, 0.717) is 22.8 Å². The lowest BCUT2D eigenvalue weighted by Gasteiger charge is -2.32. The van der Waals surface area contributed by atoms with Gasteiger partial charge in [-0.05, 0) is 28.8 Å². The highest BCUT2D eigenvalue weighted by atomic mass is 79.9. The van der Waals surface area contributed by atoms with Crippen molar-refractivity contribution in [1.82, 2.24) is 9.97 Å². The zero-order chi connectivity index (χ0) is 13.0. The molecule has 2 heterocycles. The third kappa shape index (κ3) is 3.24. The summed E-state index contributed by atoms with van der Waals surface area (Å²) in [4.78, 5) is 20.3. The number of ether oxygens (including phenoxy) is 1. The monoisotopic (exact) mass is 335 g/mol. The molecule has 100 valence electrons. The minimum atomic E-state index is -0.152. The first-order chi connectivity index (χ1) is 8.72. The van der Waals surface area contributed by atoms with Crippen LogP contribution in [0.25, 0.3) is 0 Å². The van der Waals surface area contributed by atoms with Crippen LogP contribution in [0.3, 0.4) is 0 Å². The van der Waals surface area contributed by atoms with Gasteiger partial charge in [0.2, 0.25) is 0 Å². The second kappa shape index (κ2) is 6.54. The molecule has 1 fully saturated rings. The van der Waals surface area contributed by atoms with Gasteiger partial charge in [-0.15, -0.1) is 11.6 Å². The molecule has 1 saturated heterocycles. The number of halogens is 2. The molecule has 2 rings (SSSR count). The summed E-state index contributed by atoms with van der Waals surface area (Å²) in [6.07, 6.45) is 3.55. The molecule has 0 spiro atoms. The molecule has 0 unspecified atom stereocenters. The van der Waals surface area contributed by atoms with E-state index in [2.05, 4.69) is 30.8 Å². The van der Waals surface area contributed by atoms with Gasteiger partial charge in [0.15, 0.2) is 0 Å². The average Bonchev–Trinajstić information content (AvgIpc) is 2.40. The molecule has 0 aliphatic carbocycles. The summed E-state index contributed by atoms with van der Waals surface area (Å²) < 4.78 is 6.10. The van der Waals surface area contributed by atoms with Gasteiger partial charge in [0.25, 0.3) is 5.56 Å². The Labute approximate surface area is 119 Å². The SMILES string of the molecule is O=c1[nH]cnc(N2CCC(OCCCl)CC2)c1Br. The number of nitrogens with one attached hydrogen (secondary N) is 1. The van der Waals surface area contributed by atoms with E-state index in [9.17, 15) is 4.79 Å². The fourth-order valence-electron chi connectivity index (χ4n) is 2.04. The maximum Gasteiger partial charge on any atom is 0.267 e. The Kier molecular flexibility index (Phi) is 5.03. The number of anilines is 1. The highest BCUT2D eigenvalue weighted by molar-refractivity contribution is 9.10. The number of aromatic amines is 1. The number of nitrogens with zero attached hydrogens (tertiary/aromatic N) is 2. The van der Waals surface area contributed by atoms with Gasteiger partial charge >= 0.3 is 0 Å². The van der Waals surface area contributed by atoms with Crippen LogP contribution in [0.2, 0.25) is 0 Å².